The minimum atomic E-state index is 0.0463. The summed E-state index contributed by atoms with van der Waals surface area (Å²) in [7, 11) is 1.65. The highest BCUT2D eigenvalue weighted by Gasteiger charge is 2.05. The summed E-state index contributed by atoms with van der Waals surface area (Å²) in [4.78, 5) is 0. The van der Waals surface area contributed by atoms with Crippen molar-refractivity contribution in [3.05, 3.63) is 33.8 Å². The topological polar surface area (TPSA) is 35.2 Å². The van der Waals surface area contributed by atoms with Gasteiger partial charge in [-0.05, 0) is 36.6 Å². The average molecular weight is 248 g/mol. The van der Waals surface area contributed by atoms with E-state index in [0.29, 0.717) is 11.6 Å². The maximum atomic E-state index is 6.03. The Morgan fingerprint density at radius 3 is 2.80 bits per heavy atom. The Morgan fingerprint density at radius 2 is 2.13 bits per heavy atom. The molecule has 0 heterocycles. The first-order chi connectivity index (χ1) is 7.13. The van der Waals surface area contributed by atoms with Crippen LogP contribution >= 0.6 is 23.2 Å². The summed E-state index contributed by atoms with van der Waals surface area (Å²) in [6.07, 6.45) is 1.66. The van der Waals surface area contributed by atoms with Crippen LogP contribution in [0.4, 0.5) is 0 Å². The van der Waals surface area contributed by atoms with Crippen molar-refractivity contribution >= 4 is 23.2 Å². The van der Waals surface area contributed by atoms with Gasteiger partial charge >= 0.3 is 0 Å². The highest BCUT2D eigenvalue weighted by molar-refractivity contribution is 6.33. The van der Waals surface area contributed by atoms with Gasteiger partial charge in [0.1, 0.15) is 0 Å². The zero-order valence-corrected chi connectivity index (χ0v) is 10.2. The monoisotopic (exact) mass is 247 g/mol. The van der Waals surface area contributed by atoms with Gasteiger partial charge < -0.3 is 10.5 Å². The molecule has 15 heavy (non-hydrogen) atoms. The summed E-state index contributed by atoms with van der Waals surface area (Å²) >= 11 is 11.9. The fraction of sp³-hybridized carbons (Fsp3) is 0.455. The Hall–Kier alpha value is -0.280. The summed E-state index contributed by atoms with van der Waals surface area (Å²) in [5.74, 6) is 0. The Morgan fingerprint density at radius 1 is 1.40 bits per heavy atom. The van der Waals surface area contributed by atoms with Crippen LogP contribution in [0.5, 0.6) is 0 Å². The lowest BCUT2D eigenvalue weighted by molar-refractivity contribution is 0.177. The molecule has 0 saturated carbocycles. The van der Waals surface area contributed by atoms with Crippen LogP contribution in [0, 0.1) is 0 Å². The van der Waals surface area contributed by atoms with Gasteiger partial charge in [-0.25, -0.2) is 0 Å². The molecular formula is C11H15Cl2NO. The first kappa shape index (κ1) is 12.8. The molecule has 1 rings (SSSR count). The van der Waals surface area contributed by atoms with Crippen molar-refractivity contribution in [1.82, 2.24) is 0 Å². The van der Waals surface area contributed by atoms with E-state index in [1.165, 1.54) is 0 Å². The third kappa shape index (κ3) is 4.39. The van der Waals surface area contributed by atoms with E-state index in [0.717, 1.165) is 23.4 Å². The average Bonchev–Trinajstić information content (AvgIpc) is 2.20. The van der Waals surface area contributed by atoms with Gasteiger partial charge in [0, 0.05) is 23.2 Å². The normalized spacial score (nSPS) is 12.8. The van der Waals surface area contributed by atoms with Gasteiger partial charge in [0.15, 0.2) is 0 Å². The van der Waals surface area contributed by atoms with Crippen LogP contribution in [-0.4, -0.2) is 19.8 Å². The molecule has 2 nitrogen and oxygen atoms in total. The number of benzene rings is 1. The van der Waals surface area contributed by atoms with E-state index in [4.69, 9.17) is 33.7 Å². The number of halogens is 2. The van der Waals surface area contributed by atoms with E-state index in [1.807, 2.05) is 6.07 Å². The predicted molar refractivity (Wildman–Crippen MR) is 64.6 cm³/mol. The molecule has 0 aliphatic rings. The lowest BCUT2D eigenvalue weighted by Gasteiger charge is -2.11. The Bertz CT molecular complexity index is 317. The lowest BCUT2D eigenvalue weighted by Crippen LogP contribution is -2.26. The summed E-state index contributed by atoms with van der Waals surface area (Å²) < 4.78 is 4.96. The standard InChI is InChI=1S/C11H15Cl2NO/c1-15-7-10(14)4-2-8-6-9(12)3-5-11(8)13/h3,5-6,10H,2,4,7,14H2,1H3. The van der Waals surface area contributed by atoms with Crippen LogP contribution in [0.1, 0.15) is 12.0 Å². The quantitative estimate of drug-likeness (QED) is 0.869. The second-order valence-corrected chi connectivity index (χ2v) is 4.33. The summed E-state index contributed by atoms with van der Waals surface area (Å²) in [6.45, 7) is 0.568. The number of hydrogen-bond donors (Lipinski definition) is 1. The van der Waals surface area contributed by atoms with Crippen LogP contribution in [-0.2, 0) is 11.2 Å². The van der Waals surface area contributed by atoms with Crippen LogP contribution in [0.15, 0.2) is 18.2 Å². The van der Waals surface area contributed by atoms with Crippen molar-refractivity contribution in [2.75, 3.05) is 13.7 Å². The summed E-state index contributed by atoms with van der Waals surface area (Å²) in [5, 5.41) is 1.44. The molecule has 84 valence electrons. The Labute approximate surface area is 100 Å². The Balaban J connectivity index is 2.53. The zero-order valence-electron chi connectivity index (χ0n) is 8.67. The molecule has 0 aliphatic carbocycles. The Kier molecular flexibility index (Phi) is 5.40. The third-order valence-corrected chi connectivity index (χ3v) is 2.78. The molecule has 0 bridgehead atoms. The molecule has 0 amide bonds. The van der Waals surface area contributed by atoms with Crippen molar-refractivity contribution < 1.29 is 4.74 Å². The first-order valence-electron chi connectivity index (χ1n) is 4.82. The molecule has 4 heteroatoms. The van der Waals surface area contributed by atoms with E-state index in [-0.39, 0.29) is 6.04 Å². The smallest absolute Gasteiger partial charge is 0.0613 e. The van der Waals surface area contributed by atoms with E-state index >= 15 is 0 Å². The SMILES string of the molecule is COCC(N)CCc1cc(Cl)ccc1Cl. The second kappa shape index (κ2) is 6.33. The number of hydrogen-bond acceptors (Lipinski definition) is 2. The van der Waals surface area contributed by atoms with Gasteiger partial charge in [0.05, 0.1) is 6.61 Å². The maximum Gasteiger partial charge on any atom is 0.0613 e. The minimum absolute atomic E-state index is 0.0463. The van der Waals surface area contributed by atoms with E-state index < -0.39 is 0 Å². The number of methoxy groups -OCH3 is 1. The largest absolute Gasteiger partial charge is 0.383 e. The third-order valence-electron chi connectivity index (χ3n) is 2.17. The number of aryl methyl sites for hydroxylation is 1. The highest BCUT2D eigenvalue weighted by Crippen LogP contribution is 2.22. The molecule has 1 aromatic rings. The van der Waals surface area contributed by atoms with E-state index in [2.05, 4.69) is 0 Å². The van der Waals surface area contributed by atoms with Gasteiger partial charge in [0.25, 0.3) is 0 Å². The summed E-state index contributed by atoms with van der Waals surface area (Å²) in [6, 6.07) is 5.51. The van der Waals surface area contributed by atoms with Crippen LogP contribution in [0.3, 0.4) is 0 Å². The fourth-order valence-corrected chi connectivity index (χ4v) is 1.78. The number of ether oxygens (including phenoxy) is 1. The molecular weight excluding hydrogens is 233 g/mol. The molecule has 0 aliphatic heterocycles. The second-order valence-electron chi connectivity index (χ2n) is 3.49. The van der Waals surface area contributed by atoms with Crippen molar-refractivity contribution in [3.8, 4) is 0 Å². The molecule has 0 radical (unpaired) electrons. The van der Waals surface area contributed by atoms with Gasteiger partial charge in [0.2, 0.25) is 0 Å². The van der Waals surface area contributed by atoms with Crippen molar-refractivity contribution in [3.63, 3.8) is 0 Å². The molecule has 1 unspecified atom stereocenters. The molecule has 0 spiro atoms. The predicted octanol–water partition coefficient (Wildman–Crippen LogP) is 2.90. The molecule has 0 saturated heterocycles. The number of nitrogens with two attached hydrogens (primary N) is 1. The number of rotatable bonds is 5. The van der Waals surface area contributed by atoms with Crippen LogP contribution in [0.25, 0.3) is 0 Å². The fourth-order valence-electron chi connectivity index (χ4n) is 1.37. The zero-order chi connectivity index (χ0) is 11.3. The first-order valence-corrected chi connectivity index (χ1v) is 5.57. The molecule has 1 aromatic carbocycles. The van der Waals surface area contributed by atoms with Crippen molar-refractivity contribution in [1.29, 1.82) is 0 Å². The van der Waals surface area contributed by atoms with Gasteiger partial charge in [-0.2, -0.15) is 0 Å². The van der Waals surface area contributed by atoms with Crippen LogP contribution < -0.4 is 5.73 Å². The van der Waals surface area contributed by atoms with Gasteiger partial charge in [-0.15, -0.1) is 0 Å². The van der Waals surface area contributed by atoms with E-state index in [9.17, 15) is 0 Å². The van der Waals surface area contributed by atoms with Gasteiger partial charge in [-0.3, -0.25) is 0 Å². The van der Waals surface area contributed by atoms with Crippen LogP contribution in [0.2, 0.25) is 10.0 Å². The van der Waals surface area contributed by atoms with Crippen molar-refractivity contribution in [2.45, 2.75) is 18.9 Å². The highest BCUT2D eigenvalue weighted by atomic mass is 35.5. The van der Waals surface area contributed by atoms with Gasteiger partial charge in [-0.1, -0.05) is 23.2 Å². The molecule has 1 atom stereocenters. The lowest BCUT2D eigenvalue weighted by atomic mass is 10.1. The molecule has 0 fully saturated rings. The van der Waals surface area contributed by atoms with E-state index in [1.54, 1.807) is 19.2 Å². The maximum absolute atomic E-state index is 6.03. The summed E-state index contributed by atoms with van der Waals surface area (Å²) in [5.41, 5.74) is 6.86. The van der Waals surface area contributed by atoms with Crippen molar-refractivity contribution in [2.24, 2.45) is 5.73 Å². The molecule has 0 aromatic heterocycles. The molecule has 2 N–H and O–H groups in total. The minimum Gasteiger partial charge on any atom is -0.383 e.